The molecule has 0 heterocycles. The van der Waals surface area contributed by atoms with Crippen LogP contribution in [-0.2, 0) is 23.9 Å². The second kappa shape index (κ2) is 13.1. The molecular weight excluding hydrogens is 334 g/mol. The van der Waals surface area contributed by atoms with E-state index in [1.807, 2.05) is 13.8 Å². The summed E-state index contributed by atoms with van der Waals surface area (Å²) in [5.41, 5.74) is 2.41. The maximum atomic E-state index is 12.4. The lowest BCUT2D eigenvalue weighted by Gasteiger charge is -2.20. The number of carbonyl (C=O) groups is 2. The second-order valence-corrected chi connectivity index (χ2v) is 7.75. The van der Waals surface area contributed by atoms with Gasteiger partial charge in [0.1, 0.15) is 0 Å². The SMILES string of the molecule is CCCCOC(=O)[C@@H](CC(=O)NOC(C)OCC(C)C)CC1CCCC1. The number of hydrogen-bond acceptors (Lipinski definition) is 5. The van der Waals surface area contributed by atoms with Gasteiger partial charge in [-0.15, -0.1) is 0 Å². The fourth-order valence-electron chi connectivity index (χ4n) is 3.12. The Morgan fingerprint density at radius 2 is 1.85 bits per heavy atom. The van der Waals surface area contributed by atoms with Gasteiger partial charge in [-0.3, -0.25) is 9.59 Å². The van der Waals surface area contributed by atoms with Crippen molar-refractivity contribution in [2.75, 3.05) is 13.2 Å². The van der Waals surface area contributed by atoms with E-state index in [9.17, 15) is 9.59 Å². The molecule has 1 aliphatic carbocycles. The van der Waals surface area contributed by atoms with Crippen LogP contribution in [0.4, 0.5) is 0 Å². The third-order valence-electron chi connectivity index (χ3n) is 4.60. The summed E-state index contributed by atoms with van der Waals surface area (Å²) in [6.07, 6.45) is 6.81. The van der Waals surface area contributed by atoms with Crippen molar-refractivity contribution < 1.29 is 23.9 Å². The summed E-state index contributed by atoms with van der Waals surface area (Å²) in [5.74, 6) is -0.0540. The molecule has 1 N–H and O–H groups in total. The molecule has 0 aromatic rings. The first kappa shape index (κ1) is 22.9. The van der Waals surface area contributed by atoms with E-state index in [1.165, 1.54) is 12.8 Å². The average molecular weight is 372 g/mol. The maximum absolute atomic E-state index is 12.4. The highest BCUT2D eigenvalue weighted by Gasteiger charge is 2.28. The van der Waals surface area contributed by atoms with Crippen LogP contribution in [0.5, 0.6) is 0 Å². The van der Waals surface area contributed by atoms with Crippen LogP contribution in [0.2, 0.25) is 0 Å². The van der Waals surface area contributed by atoms with Crippen molar-refractivity contribution in [1.82, 2.24) is 5.48 Å². The topological polar surface area (TPSA) is 73.9 Å². The largest absolute Gasteiger partial charge is 0.465 e. The number of ether oxygens (including phenoxy) is 2. The Morgan fingerprint density at radius 3 is 2.46 bits per heavy atom. The van der Waals surface area contributed by atoms with Crippen LogP contribution in [0.25, 0.3) is 0 Å². The van der Waals surface area contributed by atoms with Crippen molar-refractivity contribution in [3.63, 3.8) is 0 Å². The van der Waals surface area contributed by atoms with Gasteiger partial charge in [0.25, 0.3) is 0 Å². The van der Waals surface area contributed by atoms with Crippen LogP contribution in [0.15, 0.2) is 0 Å². The summed E-state index contributed by atoms with van der Waals surface area (Å²) in [6, 6.07) is 0. The van der Waals surface area contributed by atoms with Crippen molar-refractivity contribution >= 4 is 11.9 Å². The van der Waals surface area contributed by atoms with Crippen LogP contribution in [0.1, 0.15) is 79.1 Å². The van der Waals surface area contributed by atoms with Gasteiger partial charge in [0.05, 0.1) is 19.1 Å². The first-order chi connectivity index (χ1) is 12.4. The number of hydroxylamine groups is 1. The van der Waals surface area contributed by atoms with Gasteiger partial charge < -0.3 is 9.47 Å². The molecule has 0 radical (unpaired) electrons. The number of hydrogen-bond donors (Lipinski definition) is 1. The van der Waals surface area contributed by atoms with Crippen LogP contribution in [0.3, 0.4) is 0 Å². The molecule has 1 rings (SSSR count). The van der Waals surface area contributed by atoms with Gasteiger partial charge in [-0.2, -0.15) is 0 Å². The van der Waals surface area contributed by atoms with Crippen molar-refractivity contribution in [3.8, 4) is 0 Å². The summed E-state index contributed by atoms with van der Waals surface area (Å²) < 4.78 is 10.8. The van der Waals surface area contributed by atoms with Gasteiger partial charge in [0.2, 0.25) is 5.91 Å². The highest BCUT2D eigenvalue weighted by molar-refractivity contribution is 5.82. The summed E-state index contributed by atoms with van der Waals surface area (Å²) in [4.78, 5) is 29.8. The number of carbonyl (C=O) groups excluding carboxylic acids is 2. The van der Waals surface area contributed by atoms with E-state index in [4.69, 9.17) is 14.3 Å². The van der Waals surface area contributed by atoms with Crippen molar-refractivity contribution in [2.45, 2.75) is 85.4 Å². The molecule has 1 amide bonds. The van der Waals surface area contributed by atoms with E-state index in [0.717, 1.165) is 32.1 Å². The fourth-order valence-corrected chi connectivity index (χ4v) is 3.12. The molecule has 1 aliphatic rings. The van der Waals surface area contributed by atoms with E-state index in [1.54, 1.807) is 6.92 Å². The first-order valence-corrected chi connectivity index (χ1v) is 10.1. The van der Waals surface area contributed by atoms with Gasteiger partial charge in [-0.05, 0) is 31.6 Å². The summed E-state index contributed by atoms with van der Waals surface area (Å²) >= 11 is 0. The van der Waals surface area contributed by atoms with Crippen molar-refractivity contribution in [2.24, 2.45) is 17.8 Å². The molecule has 2 atom stereocenters. The van der Waals surface area contributed by atoms with E-state index in [2.05, 4.69) is 12.4 Å². The molecule has 0 bridgehead atoms. The molecule has 0 aromatic heterocycles. The van der Waals surface area contributed by atoms with Gasteiger partial charge >= 0.3 is 5.97 Å². The van der Waals surface area contributed by atoms with Gasteiger partial charge in [0, 0.05) is 6.42 Å². The Morgan fingerprint density at radius 1 is 1.15 bits per heavy atom. The van der Waals surface area contributed by atoms with Crippen molar-refractivity contribution in [3.05, 3.63) is 0 Å². The van der Waals surface area contributed by atoms with Crippen LogP contribution in [0, 0.1) is 17.8 Å². The van der Waals surface area contributed by atoms with E-state index in [0.29, 0.717) is 25.0 Å². The zero-order chi connectivity index (χ0) is 19.4. The van der Waals surface area contributed by atoms with Gasteiger partial charge in [-0.25, -0.2) is 10.3 Å². The van der Waals surface area contributed by atoms with E-state index < -0.39 is 12.2 Å². The molecule has 152 valence electrons. The lowest BCUT2D eigenvalue weighted by atomic mass is 9.91. The second-order valence-electron chi connectivity index (χ2n) is 7.75. The lowest BCUT2D eigenvalue weighted by molar-refractivity contribution is -0.184. The van der Waals surface area contributed by atoms with E-state index in [-0.39, 0.29) is 18.3 Å². The first-order valence-electron chi connectivity index (χ1n) is 10.1. The number of amides is 1. The van der Waals surface area contributed by atoms with Crippen LogP contribution < -0.4 is 5.48 Å². The zero-order valence-electron chi connectivity index (χ0n) is 16.9. The predicted octanol–water partition coefficient (Wildman–Crippen LogP) is 3.98. The molecular formula is C20H37NO5. The summed E-state index contributed by atoms with van der Waals surface area (Å²) in [7, 11) is 0. The minimum atomic E-state index is -0.522. The number of unbranched alkanes of at least 4 members (excludes halogenated alkanes) is 1. The van der Waals surface area contributed by atoms with Crippen LogP contribution >= 0.6 is 0 Å². The minimum Gasteiger partial charge on any atom is -0.465 e. The average Bonchev–Trinajstić information content (AvgIpc) is 3.10. The van der Waals surface area contributed by atoms with Crippen molar-refractivity contribution in [1.29, 1.82) is 0 Å². The maximum Gasteiger partial charge on any atom is 0.309 e. The quantitative estimate of drug-likeness (QED) is 0.229. The Bertz CT molecular complexity index is 407. The predicted molar refractivity (Wildman–Crippen MR) is 100 cm³/mol. The van der Waals surface area contributed by atoms with E-state index >= 15 is 0 Å². The van der Waals surface area contributed by atoms with Gasteiger partial charge in [-0.1, -0.05) is 52.9 Å². The molecule has 1 saturated carbocycles. The molecule has 0 spiro atoms. The highest BCUT2D eigenvalue weighted by Crippen LogP contribution is 2.31. The highest BCUT2D eigenvalue weighted by atomic mass is 16.8. The normalized spacial score (nSPS) is 17.3. The molecule has 0 aliphatic heterocycles. The number of esters is 1. The minimum absolute atomic E-state index is 0.0956. The third-order valence-corrected chi connectivity index (χ3v) is 4.60. The third kappa shape index (κ3) is 10.1. The number of rotatable bonds is 13. The Balaban J connectivity index is 2.43. The Labute approximate surface area is 158 Å². The molecule has 0 saturated heterocycles. The zero-order valence-corrected chi connectivity index (χ0v) is 16.9. The molecule has 26 heavy (non-hydrogen) atoms. The fraction of sp³-hybridized carbons (Fsp3) is 0.900. The Kier molecular flexibility index (Phi) is 11.5. The van der Waals surface area contributed by atoms with Gasteiger partial charge in [0.15, 0.2) is 6.29 Å². The molecule has 1 fully saturated rings. The standard InChI is InChI=1S/C20H37NO5/c1-5-6-11-24-20(23)18(12-17-9-7-8-10-17)13-19(22)21-26-16(4)25-14-15(2)3/h15-18H,5-14H2,1-4H3,(H,21,22)/t16?,18-/m1/s1. The lowest BCUT2D eigenvalue weighted by Crippen LogP contribution is -2.33. The molecule has 1 unspecified atom stereocenters. The summed E-state index contributed by atoms with van der Waals surface area (Å²) in [6.45, 7) is 8.86. The Hall–Kier alpha value is -1.14. The summed E-state index contributed by atoms with van der Waals surface area (Å²) in [5, 5.41) is 0. The van der Waals surface area contributed by atoms with Crippen LogP contribution in [-0.4, -0.2) is 31.4 Å². The number of nitrogens with one attached hydrogen (secondary N) is 1. The smallest absolute Gasteiger partial charge is 0.309 e. The molecule has 0 aromatic carbocycles. The monoisotopic (exact) mass is 371 g/mol. The molecule has 6 heteroatoms. The molecule has 6 nitrogen and oxygen atoms in total.